The van der Waals surface area contributed by atoms with Crippen LogP contribution in [0.4, 0.5) is 0 Å². The number of aliphatic hydroxyl groups is 1. The van der Waals surface area contributed by atoms with E-state index in [1.165, 1.54) is 11.1 Å². The van der Waals surface area contributed by atoms with Crippen molar-refractivity contribution in [3.05, 3.63) is 29.3 Å². The molecule has 1 aliphatic carbocycles. The maximum Gasteiger partial charge on any atom is 0.122 e. The van der Waals surface area contributed by atoms with Crippen LogP contribution in [0.2, 0.25) is 0 Å². The molecule has 0 aromatic heterocycles. The molecule has 0 heterocycles. The lowest BCUT2D eigenvalue weighted by atomic mass is 9.89. The third-order valence-corrected chi connectivity index (χ3v) is 4.13. The monoisotopic (exact) mass is 249 g/mol. The summed E-state index contributed by atoms with van der Waals surface area (Å²) in [6, 6.07) is 6.58. The number of aliphatic hydroxyl groups excluding tert-OH is 1. The summed E-state index contributed by atoms with van der Waals surface area (Å²) in [5.74, 6) is 0.949. The van der Waals surface area contributed by atoms with Gasteiger partial charge in [0.05, 0.1) is 13.7 Å². The van der Waals surface area contributed by atoms with Gasteiger partial charge in [-0.3, -0.25) is 0 Å². The van der Waals surface area contributed by atoms with Crippen molar-refractivity contribution in [3.63, 3.8) is 0 Å². The molecule has 0 bridgehead atoms. The third kappa shape index (κ3) is 2.25. The lowest BCUT2D eigenvalue weighted by Gasteiger charge is -2.26. The summed E-state index contributed by atoms with van der Waals surface area (Å²) in [6.07, 6.45) is 3.16. The van der Waals surface area contributed by atoms with Gasteiger partial charge in [-0.25, -0.2) is 0 Å². The number of benzene rings is 1. The molecule has 0 aliphatic heterocycles. The van der Waals surface area contributed by atoms with Crippen molar-refractivity contribution in [2.75, 3.05) is 20.8 Å². The molecule has 1 aromatic rings. The quantitative estimate of drug-likeness (QED) is 0.813. The Morgan fingerprint density at radius 3 is 2.61 bits per heavy atom. The molecule has 0 amide bonds. The lowest BCUT2D eigenvalue weighted by molar-refractivity contribution is 0.175. The average Bonchev–Trinajstić information content (AvgIpc) is 3.20. The highest BCUT2D eigenvalue weighted by molar-refractivity contribution is 5.39. The van der Waals surface area contributed by atoms with Crippen LogP contribution in [0.25, 0.3) is 0 Å². The number of methoxy groups -OCH3 is 1. The van der Waals surface area contributed by atoms with Gasteiger partial charge in [0.1, 0.15) is 5.75 Å². The summed E-state index contributed by atoms with van der Waals surface area (Å²) < 4.78 is 5.36. The molecule has 1 fully saturated rings. The zero-order valence-corrected chi connectivity index (χ0v) is 11.5. The smallest absolute Gasteiger partial charge is 0.122 e. The molecule has 0 saturated heterocycles. The van der Waals surface area contributed by atoms with E-state index in [9.17, 15) is 5.11 Å². The number of hydrogen-bond donors (Lipinski definition) is 2. The van der Waals surface area contributed by atoms with E-state index in [0.29, 0.717) is 0 Å². The van der Waals surface area contributed by atoms with Gasteiger partial charge in [0.15, 0.2) is 0 Å². The fourth-order valence-corrected chi connectivity index (χ4v) is 2.78. The zero-order chi connectivity index (χ0) is 13.2. The van der Waals surface area contributed by atoms with E-state index in [0.717, 1.165) is 25.0 Å². The molecule has 100 valence electrons. The maximum atomic E-state index is 9.58. The molecule has 1 unspecified atom stereocenters. The second-order valence-corrected chi connectivity index (χ2v) is 5.17. The molecule has 1 aromatic carbocycles. The Bertz CT molecular complexity index is 413. The molecule has 0 spiro atoms. The third-order valence-electron chi connectivity index (χ3n) is 4.13. The van der Waals surface area contributed by atoms with Crippen LogP contribution in [0.15, 0.2) is 18.2 Å². The predicted octanol–water partition coefficient (Wildman–Crippen LogP) is 2.29. The minimum absolute atomic E-state index is 0.0500. The SMILES string of the molecule is CCc1cc(C(NC)C2(CO)CC2)ccc1OC. The van der Waals surface area contributed by atoms with Gasteiger partial charge in [-0.15, -0.1) is 0 Å². The van der Waals surface area contributed by atoms with Crippen molar-refractivity contribution >= 4 is 0 Å². The topological polar surface area (TPSA) is 41.5 Å². The van der Waals surface area contributed by atoms with Crippen LogP contribution in [0.1, 0.15) is 36.9 Å². The van der Waals surface area contributed by atoms with Gasteiger partial charge in [-0.1, -0.05) is 19.1 Å². The molecule has 2 rings (SSSR count). The first-order valence-corrected chi connectivity index (χ1v) is 6.65. The summed E-state index contributed by atoms with van der Waals surface area (Å²) in [5, 5.41) is 12.9. The molecular weight excluding hydrogens is 226 g/mol. The van der Waals surface area contributed by atoms with Crippen molar-refractivity contribution in [3.8, 4) is 5.75 Å². The Hall–Kier alpha value is -1.06. The molecule has 0 radical (unpaired) electrons. The van der Waals surface area contributed by atoms with Gasteiger partial charge < -0.3 is 15.2 Å². The van der Waals surface area contributed by atoms with Gasteiger partial charge in [0.2, 0.25) is 0 Å². The van der Waals surface area contributed by atoms with Gasteiger partial charge in [-0.2, -0.15) is 0 Å². The number of ether oxygens (including phenoxy) is 1. The first kappa shape index (κ1) is 13.4. The van der Waals surface area contributed by atoms with Gasteiger partial charge in [0.25, 0.3) is 0 Å². The average molecular weight is 249 g/mol. The van der Waals surface area contributed by atoms with Crippen LogP contribution in [0, 0.1) is 5.41 Å². The standard InChI is InChI=1S/C15H23NO2/c1-4-11-9-12(5-6-13(11)18-3)14(16-2)15(10-17)7-8-15/h5-6,9,14,16-17H,4,7-8,10H2,1-3H3. The van der Waals surface area contributed by atoms with Crippen LogP contribution in [0.5, 0.6) is 5.75 Å². The molecule has 3 nitrogen and oxygen atoms in total. The van der Waals surface area contributed by atoms with Crippen LogP contribution < -0.4 is 10.1 Å². The second kappa shape index (κ2) is 5.29. The first-order valence-electron chi connectivity index (χ1n) is 6.65. The minimum atomic E-state index is 0.0500. The fraction of sp³-hybridized carbons (Fsp3) is 0.600. The number of nitrogens with one attached hydrogen (secondary N) is 1. The molecule has 1 aliphatic rings. The highest BCUT2D eigenvalue weighted by Crippen LogP contribution is 2.54. The van der Waals surface area contributed by atoms with Gasteiger partial charge in [0, 0.05) is 11.5 Å². The summed E-state index contributed by atoms with van der Waals surface area (Å²) in [7, 11) is 3.68. The van der Waals surface area contributed by atoms with Crippen molar-refractivity contribution in [1.82, 2.24) is 5.32 Å². The Morgan fingerprint density at radius 2 is 2.17 bits per heavy atom. The minimum Gasteiger partial charge on any atom is -0.496 e. The lowest BCUT2D eigenvalue weighted by Crippen LogP contribution is -2.29. The van der Waals surface area contributed by atoms with Crippen molar-refractivity contribution in [2.24, 2.45) is 5.41 Å². The number of rotatable bonds is 6. The molecule has 2 N–H and O–H groups in total. The van der Waals surface area contributed by atoms with Crippen LogP contribution in [-0.2, 0) is 6.42 Å². The van der Waals surface area contributed by atoms with E-state index in [1.54, 1.807) is 7.11 Å². The largest absolute Gasteiger partial charge is 0.496 e. The van der Waals surface area contributed by atoms with E-state index < -0.39 is 0 Å². The highest BCUT2D eigenvalue weighted by atomic mass is 16.5. The summed E-state index contributed by atoms with van der Waals surface area (Å²) in [6.45, 7) is 2.39. The Balaban J connectivity index is 2.32. The van der Waals surface area contributed by atoms with Crippen LogP contribution in [-0.4, -0.2) is 25.9 Å². The number of aryl methyl sites for hydroxylation is 1. The first-order chi connectivity index (χ1) is 8.70. The Morgan fingerprint density at radius 1 is 1.44 bits per heavy atom. The number of hydrogen-bond acceptors (Lipinski definition) is 3. The second-order valence-electron chi connectivity index (χ2n) is 5.17. The van der Waals surface area contributed by atoms with Crippen molar-refractivity contribution in [1.29, 1.82) is 0 Å². The zero-order valence-electron chi connectivity index (χ0n) is 11.5. The van der Waals surface area contributed by atoms with E-state index in [1.807, 2.05) is 13.1 Å². The van der Waals surface area contributed by atoms with Crippen LogP contribution in [0.3, 0.4) is 0 Å². The summed E-state index contributed by atoms with van der Waals surface area (Å²) >= 11 is 0. The summed E-state index contributed by atoms with van der Waals surface area (Å²) in [5.41, 5.74) is 2.53. The van der Waals surface area contributed by atoms with Crippen molar-refractivity contribution < 1.29 is 9.84 Å². The summed E-state index contributed by atoms with van der Waals surface area (Å²) in [4.78, 5) is 0. The Labute approximate surface area is 109 Å². The molecular formula is C15H23NO2. The molecule has 1 saturated carbocycles. The molecule has 3 heteroatoms. The normalized spacial score (nSPS) is 18.4. The van der Waals surface area contributed by atoms with Gasteiger partial charge in [-0.05, 0) is 43.5 Å². The van der Waals surface area contributed by atoms with E-state index in [2.05, 4.69) is 24.4 Å². The maximum absolute atomic E-state index is 9.58. The van der Waals surface area contributed by atoms with E-state index in [-0.39, 0.29) is 18.1 Å². The van der Waals surface area contributed by atoms with Crippen LogP contribution >= 0.6 is 0 Å². The van der Waals surface area contributed by atoms with Crippen molar-refractivity contribution in [2.45, 2.75) is 32.2 Å². The van der Waals surface area contributed by atoms with Gasteiger partial charge >= 0.3 is 0 Å². The molecule has 18 heavy (non-hydrogen) atoms. The van der Waals surface area contributed by atoms with E-state index >= 15 is 0 Å². The molecule has 1 atom stereocenters. The van der Waals surface area contributed by atoms with E-state index in [4.69, 9.17) is 4.74 Å². The predicted molar refractivity (Wildman–Crippen MR) is 72.9 cm³/mol. The highest BCUT2D eigenvalue weighted by Gasteiger charge is 2.48. The fourth-order valence-electron chi connectivity index (χ4n) is 2.78. The Kier molecular flexibility index (Phi) is 3.93.